The highest BCUT2D eigenvalue weighted by Gasteiger charge is 2.21. The molecule has 7 heteroatoms. The Hall–Kier alpha value is -3.19. The first-order valence-electron chi connectivity index (χ1n) is 8.95. The van der Waals surface area contributed by atoms with Gasteiger partial charge in [0.25, 0.3) is 5.91 Å². The number of carboxylic acid groups (broad SMARTS) is 1. The van der Waals surface area contributed by atoms with Crippen LogP contribution in [0.3, 0.4) is 0 Å². The summed E-state index contributed by atoms with van der Waals surface area (Å²) >= 11 is 0. The summed E-state index contributed by atoms with van der Waals surface area (Å²) < 4.78 is 0. The minimum Gasteiger partial charge on any atom is -0.478 e. The number of carbonyl (C=O) groups is 3. The zero-order chi connectivity index (χ0) is 20.7. The van der Waals surface area contributed by atoms with E-state index in [9.17, 15) is 14.4 Å². The molecule has 0 radical (unpaired) electrons. The molecule has 0 atom stereocenters. The summed E-state index contributed by atoms with van der Waals surface area (Å²) in [6, 6.07) is 7.26. The third-order valence-corrected chi connectivity index (χ3v) is 4.42. The number of nitrogens with zero attached hydrogens (tertiary/aromatic N) is 1. The lowest BCUT2D eigenvalue weighted by Gasteiger charge is -2.28. The Kier molecular flexibility index (Phi) is 7.28. The molecule has 0 bridgehead atoms. The van der Waals surface area contributed by atoms with Crippen LogP contribution in [0.5, 0.6) is 0 Å². The maximum absolute atomic E-state index is 11.9. The van der Waals surface area contributed by atoms with Gasteiger partial charge in [-0.1, -0.05) is 18.7 Å². The molecule has 1 aromatic carbocycles. The Morgan fingerprint density at radius 1 is 1.25 bits per heavy atom. The van der Waals surface area contributed by atoms with Crippen LogP contribution in [0.15, 0.2) is 60.0 Å². The van der Waals surface area contributed by atoms with Gasteiger partial charge in [-0.15, -0.1) is 0 Å². The van der Waals surface area contributed by atoms with Gasteiger partial charge in [-0.2, -0.15) is 0 Å². The molecule has 0 aromatic heterocycles. The summed E-state index contributed by atoms with van der Waals surface area (Å²) in [5, 5.41) is 14.6. The fourth-order valence-corrected chi connectivity index (χ4v) is 2.56. The lowest BCUT2D eigenvalue weighted by Crippen LogP contribution is -2.29. The van der Waals surface area contributed by atoms with E-state index in [1.165, 1.54) is 38.1 Å². The number of likely N-dealkylation sites (N-methyl/N-ethyl adjacent to an activating group) is 1. The van der Waals surface area contributed by atoms with Crippen LogP contribution in [-0.2, 0) is 16.1 Å². The van der Waals surface area contributed by atoms with Crippen molar-refractivity contribution in [3.05, 3.63) is 71.1 Å². The zero-order valence-corrected chi connectivity index (χ0v) is 16.1. The number of amides is 1. The molecule has 28 heavy (non-hydrogen) atoms. The first-order chi connectivity index (χ1) is 13.4. The summed E-state index contributed by atoms with van der Waals surface area (Å²) in [7, 11) is 3.52. The highest BCUT2D eigenvalue weighted by molar-refractivity contribution is 6.00. The monoisotopic (exact) mass is 383 g/mol. The topological polar surface area (TPSA) is 98.7 Å². The van der Waals surface area contributed by atoms with E-state index >= 15 is 0 Å². The average Bonchev–Trinajstić information content (AvgIpc) is 3.54. The Balaban J connectivity index is 0.000000485. The average molecular weight is 383 g/mol. The van der Waals surface area contributed by atoms with Crippen molar-refractivity contribution < 1.29 is 19.5 Å². The molecular weight excluding hydrogens is 358 g/mol. The van der Waals surface area contributed by atoms with E-state index in [-0.39, 0.29) is 11.5 Å². The Labute approximate surface area is 164 Å². The van der Waals surface area contributed by atoms with Crippen molar-refractivity contribution in [3.63, 3.8) is 0 Å². The molecule has 1 heterocycles. The van der Waals surface area contributed by atoms with Crippen LogP contribution in [-0.4, -0.2) is 48.3 Å². The molecule has 1 aromatic rings. The fraction of sp³-hybridized carbons (Fsp3) is 0.286. The molecule has 1 fully saturated rings. The fourth-order valence-electron chi connectivity index (χ4n) is 2.56. The number of hydrogen-bond acceptors (Lipinski definition) is 5. The summed E-state index contributed by atoms with van der Waals surface area (Å²) in [5.41, 5.74) is 2.17. The van der Waals surface area contributed by atoms with Gasteiger partial charge < -0.3 is 20.6 Å². The van der Waals surface area contributed by atoms with Crippen molar-refractivity contribution in [1.82, 2.24) is 15.5 Å². The number of nitrogens with one attached hydrogen (secondary N) is 2. The maximum Gasteiger partial charge on any atom is 0.335 e. The molecule has 0 unspecified atom stereocenters. The molecule has 0 saturated heterocycles. The minimum atomic E-state index is -0.994. The van der Waals surface area contributed by atoms with Crippen LogP contribution in [0, 0.1) is 0 Å². The summed E-state index contributed by atoms with van der Waals surface area (Å²) in [6.45, 7) is 4.26. The molecule has 3 rings (SSSR count). The van der Waals surface area contributed by atoms with E-state index in [1.54, 1.807) is 23.2 Å². The van der Waals surface area contributed by atoms with Crippen molar-refractivity contribution in [1.29, 1.82) is 0 Å². The smallest absolute Gasteiger partial charge is 0.335 e. The molecule has 2 aliphatic rings. The van der Waals surface area contributed by atoms with Crippen LogP contribution in [0.25, 0.3) is 0 Å². The molecule has 0 spiro atoms. The van der Waals surface area contributed by atoms with E-state index in [2.05, 4.69) is 17.2 Å². The van der Waals surface area contributed by atoms with Crippen LogP contribution in [0.2, 0.25) is 0 Å². The number of rotatable bonds is 6. The number of carbonyl (C=O) groups excluding carboxylic acids is 2. The Morgan fingerprint density at radius 3 is 2.32 bits per heavy atom. The van der Waals surface area contributed by atoms with Gasteiger partial charge in [0.1, 0.15) is 0 Å². The summed E-state index contributed by atoms with van der Waals surface area (Å²) in [4.78, 5) is 35.5. The molecule has 3 N–H and O–H groups in total. The lowest BCUT2D eigenvalue weighted by molar-refractivity contribution is -0.116. The third-order valence-electron chi connectivity index (χ3n) is 4.42. The van der Waals surface area contributed by atoms with Gasteiger partial charge in [0.05, 0.1) is 11.1 Å². The third kappa shape index (κ3) is 5.65. The predicted molar refractivity (Wildman–Crippen MR) is 106 cm³/mol. The molecule has 1 saturated carbocycles. The van der Waals surface area contributed by atoms with Gasteiger partial charge in [-0.25, -0.2) is 4.79 Å². The van der Waals surface area contributed by atoms with E-state index < -0.39 is 5.97 Å². The number of benzene rings is 1. The largest absolute Gasteiger partial charge is 0.478 e. The number of hydrogen-bond donors (Lipinski definition) is 3. The van der Waals surface area contributed by atoms with Gasteiger partial charge in [0, 0.05) is 37.1 Å². The van der Waals surface area contributed by atoms with Crippen LogP contribution in [0.1, 0.15) is 28.8 Å². The van der Waals surface area contributed by atoms with Gasteiger partial charge in [0.15, 0.2) is 6.29 Å². The molecule has 1 amide bonds. The van der Waals surface area contributed by atoms with Crippen molar-refractivity contribution in [2.24, 2.45) is 0 Å². The van der Waals surface area contributed by atoms with E-state index in [0.717, 1.165) is 11.6 Å². The quantitative estimate of drug-likeness (QED) is 0.649. The van der Waals surface area contributed by atoms with Crippen molar-refractivity contribution in [3.8, 4) is 0 Å². The van der Waals surface area contributed by atoms with Crippen LogP contribution in [0.4, 0.5) is 0 Å². The molecule has 1 aliphatic heterocycles. The second-order valence-corrected chi connectivity index (χ2v) is 6.52. The molecule has 1 aliphatic carbocycles. The van der Waals surface area contributed by atoms with Crippen LogP contribution < -0.4 is 10.6 Å². The number of carboxylic acids is 1. The molecule has 7 nitrogen and oxygen atoms in total. The zero-order valence-electron chi connectivity index (χ0n) is 16.1. The van der Waals surface area contributed by atoms with E-state index in [4.69, 9.17) is 5.11 Å². The maximum atomic E-state index is 11.9. The second-order valence-electron chi connectivity index (χ2n) is 6.52. The van der Waals surface area contributed by atoms with Crippen molar-refractivity contribution in [2.45, 2.75) is 25.4 Å². The minimum absolute atomic E-state index is 0.196. The Bertz CT molecular complexity index is 821. The van der Waals surface area contributed by atoms with Crippen molar-refractivity contribution in [2.75, 3.05) is 14.1 Å². The number of aromatic carboxylic acids is 1. The molecule has 148 valence electrons. The lowest BCUT2D eigenvalue weighted by atomic mass is 10.0. The van der Waals surface area contributed by atoms with Gasteiger partial charge in [-0.3, -0.25) is 9.59 Å². The van der Waals surface area contributed by atoms with Gasteiger partial charge >= 0.3 is 5.97 Å². The van der Waals surface area contributed by atoms with E-state index in [0.29, 0.717) is 29.7 Å². The highest BCUT2D eigenvalue weighted by atomic mass is 16.4. The van der Waals surface area contributed by atoms with Gasteiger partial charge in [-0.05, 0) is 43.7 Å². The number of aldehydes is 1. The molecular formula is C21H25N3O4. The summed E-state index contributed by atoms with van der Waals surface area (Å²) in [6.07, 6.45) is 6.55. The van der Waals surface area contributed by atoms with Gasteiger partial charge in [0.2, 0.25) is 0 Å². The Morgan fingerprint density at radius 2 is 1.89 bits per heavy atom. The summed E-state index contributed by atoms with van der Waals surface area (Å²) in [5.74, 6) is -1.32. The predicted octanol–water partition coefficient (Wildman–Crippen LogP) is 1.84. The SMILES string of the molecule is C=C1C(C(=O)NC)=CC(C=O)=CN1Cc1ccc(C(=O)O)cc1.CNC1CC1. The normalized spacial score (nSPS) is 15.6. The van der Waals surface area contributed by atoms with Crippen LogP contribution >= 0.6 is 0 Å². The first-order valence-corrected chi connectivity index (χ1v) is 8.95. The van der Waals surface area contributed by atoms with E-state index in [1.807, 2.05) is 7.05 Å². The highest BCUT2D eigenvalue weighted by Crippen LogP contribution is 2.24. The second kappa shape index (κ2) is 9.66. The number of allylic oxidation sites excluding steroid dienone is 2. The van der Waals surface area contributed by atoms with Crippen molar-refractivity contribution >= 4 is 18.2 Å². The standard InChI is InChI=1S/C17H16N2O4.C4H9N/c1-11-15(16(21)18-2)7-13(10-20)9-19(11)8-12-3-5-14(6-4-12)17(22)23;1-5-4-2-3-4/h3-7,9-10H,1,8H2,2H3,(H,18,21)(H,22,23);4-5H,2-3H2,1H3. The first kappa shape index (κ1) is 21.1.